The molecule has 0 radical (unpaired) electrons. The number of hydrogen-bond donors (Lipinski definition) is 2. The Hall–Kier alpha value is -2.65. The van der Waals surface area contributed by atoms with E-state index in [0.29, 0.717) is 17.1 Å². The van der Waals surface area contributed by atoms with Gasteiger partial charge in [-0.15, -0.1) is 0 Å². The number of para-hydroxylation sites is 1. The van der Waals surface area contributed by atoms with Crippen molar-refractivity contribution in [1.29, 1.82) is 0 Å². The van der Waals surface area contributed by atoms with Crippen LogP contribution in [-0.4, -0.2) is 34.6 Å². The second-order valence-electron chi connectivity index (χ2n) is 7.82. The molecule has 1 aliphatic rings. The van der Waals surface area contributed by atoms with Crippen LogP contribution in [-0.2, 0) is 14.8 Å². The van der Waals surface area contributed by atoms with Crippen LogP contribution >= 0.6 is 0 Å². The van der Waals surface area contributed by atoms with Crippen molar-refractivity contribution in [3.05, 3.63) is 53.8 Å². The third-order valence-corrected chi connectivity index (χ3v) is 7.08. The lowest BCUT2D eigenvalue weighted by molar-refractivity contribution is -0.122. The molecule has 0 saturated heterocycles. The van der Waals surface area contributed by atoms with Gasteiger partial charge in [-0.1, -0.05) is 31.4 Å². The maximum Gasteiger partial charge on any atom is 0.241 e. The summed E-state index contributed by atoms with van der Waals surface area (Å²) in [6.45, 7) is 0. The molecular weight excluding hydrogens is 435 g/mol. The number of methoxy groups -OCH3 is 2. The first-order valence-electron chi connectivity index (χ1n) is 10.6. The van der Waals surface area contributed by atoms with Crippen LogP contribution in [0.25, 0.3) is 0 Å². The molecule has 2 aromatic carbocycles. The number of nitrogens with one attached hydrogen (secondary N) is 2. The molecule has 9 heteroatoms. The molecule has 2 N–H and O–H groups in total. The summed E-state index contributed by atoms with van der Waals surface area (Å²) in [6, 6.07) is 8.77. The minimum Gasteiger partial charge on any atom is -0.493 e. The van der Waals surface area contributed by atoms with Gasteiger partial charge in [-0.05, 0) is 43.2 Å². The zero-order chi connectivity index (χ0) is 23.1. The van der Waals surface area contributed by atoms with Gasteiger partial charge in [-0.2, -0.15) is 0 Å². The number of carbonyl (C=O) groups excluding carboxylic acids is 1. The highest BCUT2D eigenvalue weighted by molar-refractivity contribution is 7.89. The highest BCUT2D eigenvalue weighted by Gasteiger charge is 2.28. The third kappa shape index (κ3) is 5.98. The summed E-state index contributed by atoms with van der Waals surface area (Å²) in [5.74, 6) is -0.0358. The standard InChI is InChI=1S/C23H29FN2O5S/c1-30-21-10-6-9-19(23(21)31-2)20(15-22(27)25-17-7-4-3-5-8-17)26-32(28,29)18-13-11-16(24)12-14-18/h6,9-14,17,20,26H,3-5,7-8,15H2,1-2H3,(H,25,27). The monoisotopic (exact) mass is 464 g/mol. The van der Waals surface area contributed by atoms with Gasteiger partial charge in [0.1, 0.15) is 5.82 Å². The van der Waals surface area contributed by atoms with Crippen LogP contribution in [0.2, 0.25) is 0 Å². The molecule has 0 aromatic heterocycles. The van der Waals surface area contributed by atoms with E-state index in [1.807, 2.05) is 0 Å². The molecule has 7 nitrogen and oxygen atoms in total. The quantitative estimate of drug-likeness (QED) is 0.590. The summed E-state index contributed by atoms with van der Waals surface area (Å²) >= 11 is 0. The van der Waals surface area contributed by atoms with Gasteiger partial charge in [0.25, 0.3) is 0 Å². The van der Waals surface area contributed by atoms with Crippen molar-refractivity contribution in [3.8, 4) is 11.5 Å². The zero-order valence-corrected chi connectivity index (χ0v) is 19.1. The third-order valence-electron chi connectivity index (χ3n) is 5.59. The van der Waals surface area contributed by atoms with Crippen molar-refractivity contribution in [2.24, 2.45) is 0 Å². The van der Waals surface area contributed by atoms with Crippen molar-refractivity contribution in [1.82, 2.24) is 10.0 Å². The van der Waals surface area contributed by atoms with Crippen molar-refractivity contribution in [2.45, 2.75) is 55.5 Å². The number of rotatable bonds is 9. The Bertz CT molecular complexity index is 1020. The van der Waals surface area contributed by atoms with Gasteiger partial charge in [-0.25, -0.2) is 17.5 Å². The number of ether oxygens (including phenoxy) is 2. The summed E-state index contributed by atoms with van der Waals surface area (Å²) in [7, 11) is -1.11. The lowest BCUT2D eigenvalue weighted by Gasteiger charge is -2.25. The van der Waals surface area contributed by atoms with Gasteiger partial charge in [0.15, 0.2) is 11.5 Å². The smallest absolute Gasteiger partial charge is 0.241 e. The molecule has 1 saturated carbocycles. The second-order valence-corrected chi connectivity index (χ2v) is 9.53. The molecule has 0 aliphatic heterocycles. The van der Waals surface area contributed by atoms with E-state index in [0.717, 1.165) is 44.2 Å². The predicted molar refractivity (Wildman–Crippen MR) is 119 cm³/mol. The van der Waals surface area contributed by atoms with Crippen LogP contribution in [0.3, 0.4) is 0 Å². The molecule has 1 unspecified atom stereocenters. The number of amides is 1. The SMILES string of the molecule is COc1cccc(C(CC(=O)NC2CCCCC2)NS(=O)(=O)c2ccc(F)cc2)c1OC. The minimum atomic E-state index is -4.04. The number of hydrogen-bond acceptors (Lipinski definition) is 5. The molecule has 1 aliphatic carbocycles. The zero-order valence-electron chi connectivity index (χ0n) is 18.3. The molecule has 2 aromatic rings. The number of benzene rings is 2. The molecule has 1 fully saturated rings. The summed E-state index contributed by atoms with van der Waals surface area (Å²) in [5.41, 5.74) is 0.469. The highest BCUT2D eigenvalue weighted by Crippen LogP contribution is 2.36. The van der Waals surface area contributed by atoms with Crippen molar-refractivity contribution >= 4 is 15.9 Å². The molecule has 32 heavy (non-hydrogen) atoms. The van der Waals surface area contributed by atoms with Crippen molar-refractivity contribution in [2.75, 3.05) is 14.2 Å². The fourth-order valence-corrected chi connectivity index (χ4v) is 5.20. The number of carbonyl (C=O) groups is 1. The molecule has 0 spiro atoms. The fourth-order valence-electron chi connectivity index (χ4n) is 3.99. The normalized spacial score (nSPS) is 15.7. The number of sulfonamides is 1. The van der Waals surface area contributed by atoms with Crippen LogP contribution in [0.4, 0.5) is 4.39 Å². The van der Waals surface area contributed by atoms with E-state index in [1.165, 1.54) is 26.4 Å². The van der Waals surface area contributed by atoms with E-state index in [1.54, 1.807) is 18.2 Å². The van der Waals surface area contributed by atoms with Crippen molar-refractivity contribution < 1.29 is 27.1 Å². The van der Waals surface area contributed by atoms with Crippen LogP contribution in [0.5, 0.6) is 11.5 Å². The molecule has 3 rings (SSSR count). The van der Waals surface area contributed by atoms with Gasteiger partial charge in [-0.3, -0.25) is 4.79 Å². The second kappa shape index (κ2) is 10.8. The Morgan fingerprint density at radius 3 is 2.38 bits per heavy atom. The van der Waals surface area contributed by atoms with E-state index in [-0.39, 0.29) is 23.3 Å². The Labute approximate surface area is 188 Å². The van der Waals surface area contributed by atoms with Gasteiger partial charge >= 0.3 is 0 Å². The minimum absolute atomic E-state index is 0.0952. The number of halogens is 1. The summed E-state index contributed by atoms with van der Waals surface area (Å²) in [6.07, 6.45) is 5.00. The molecule has 1 amide bonds. The van der Waals surface area contributed by atoms with E-state index in [4.69, 9.17) is 9.47 Å². The van der Waals surface area contributed by atoms with Gasteiger partial charge in [0.2, 0.25) is 15.9 Å². The highest BCUT2D eigenvalue weighted by atomic mass is 32.2. The van der Waals surface area contributed by atoms with Gasteiger partial charge in [0, 0.05) is 18.0 Å². The van der Waals surface area contributed by atoms with Gasteiger partial charge < -0.3 is 14.8 Å². The first kappa shape index (κ1) is 24.0. The van der Waals surface area contributed by atoms with E-state index in [2.05, 4.69) is 10.0 Å². The molecule has 1 atom stereocenters. The molecular formula is C23H29FN2O5S. The molecule has 0 bridgehead atoms. The largest absolute Gasteiger partial charge is 0.493 e. The fraction of sp³-hybridized carbons (Fsp3) is 0.435. The molecule has 174 valence electrons. The first-order valence-corrected chi connectivity index (χ1v) is 12.1. The Kier molecular flexibility index (Phi) is 8.09. The lowest BCUT2D eigenvalue weighted by Crippen LogP contribution is -2.39. The van der Waals surface area contributed by atoms with Crippen LogP contribution < -0.4 is 19.5 Å². The maximum atomic E-state index is 13.3. The Morgan fingerprint density at radius 2 is 1.75 bits per heavy atom. The predicted octanol–water partition coefficient (Wildman–Crippen LogP) is 3.70. The van der Waals surface area contributed by atoms with Crippen LogP contribution in [0, 0.1) is 5.82 Å². The van der Waals surface area contributed by atoms with Gasteiger partial charge in [0.05, 0.1) is 25.2 Å². The van der Waals surface area contributed by atoms with Crippen molar-refractivity contribution in [3.63, 3.8) is 0 Å². The molecule has 0 heterocycles. The van der Waals surface area contributed by atoms with E-state index >= 15 is 0 Å². The van der Waals surface area contributed by atoms with Crippen LogP contribution in [0.1, 0.15) is 50.1 Å². The van der Waals surface area contributed by atoms with E-state index < -0.39 is 21.9 Å². The Morgan fingerprint density at radius 1 is 1.06 bits per heavy atom. The summed E-state index contributed by atoms with van der Waals surface area (Å²) in [5, 5.41) is 3.02. The average molecular weight is 465 g/mol. The van der Waals surface area contributed by atoms with Crippen LogP contribution in [0.15, 0.2) is 47.4 Å². The summed E-state index contributed by atoms with van der Waals surface area (Å²) in [4.78, 5) is 12.7. The average Bonchev–Trinajstić information content (AvgIpc) is 2.78. The maximum absolute atomic E-state index is 13.3. The first-order chi connectivity index (χ1) is 15.3. The summed E-state index contributed by atoms with van der Waals surface area (Å²) < 4.78 is 52.7. The lowest BCUT2D eigenvalue weighted by atomic mass is 9.95. The Balaban J connectivity index is 1.90. The topological polar surface area (TPSA) is 93.7 Å². The van der Waals surface area contributed by atoms with E-state index in [9.17, 15) is 17.6 Å².